The fraction of sp³-hybridized carbons (Fsp3) is 1.00. The van der Waals surface area contributed by atoms with Gasteiger partial charge in [0.25, 0.3) is 0 Å². The second-order valence-electron chi connectivity index (χ2n) is 17.6. The fourth-order valence-corrected chi connectivity index (χ4v) is 38.2. The molecule has 312 valence electrons. The summed E-state index contributed by atoms with van der Waals surface area (Å²) < 4.78 is 0. The van der Waals surface area contributed by atoms with Crippen LogP contribution in [0, 0.1) is 0 Å². The quantitative estimate of drug-likeness (QED) is 0.0439. The zero-order chi connectivity index (χ0) is 37.4. The molecule has 0 aromatic heterocycles. The molecule has 0 unspecified atom stereocenters. The molecule has 0 aliphatic carbocycles. The van der Waals surface area contributed by atoms with E-state index >= 15 is 0 Å². The summed E-state index contributed by atoms with van der Waals surface area (Å²) in [6.45, 7) is 11.5. The van der Waals surface area contributed by atoms with E-state index in [4.69, 9.17) is 0 Å². The van der Waals surface area contributed by atoms with E-state index < -0.39 is 12.9 Å². The number of unbranched alkanes of at least 4 members (excludes halogenated alkanes) is 30. The van der Waals surface area contributed by atoms with Crippen LogP contribution in [-0.2, 0) is 0 Å². The van der Waals surface area contributed by atoms with E-state index in [0.717, 1.165) is 0 Å². The summed E-state index contributed by atoms with van der Waals surface area (Å²) in [4.78, 5) is 0. The van der Waals surface area contributed by atoms with Gasteiger partial charge in [-0.25, -0.2) is 0 Å². The monoisotopic (exact) mass is 775 g/mol. The van der Waals surface area contributed by atoms with Gasteiger partial charge in [0.2, 0.25) is 0 Å². The molecule has 0 aromatic carbocycles. The molecule has 0 heterocycles. The first-order valence-corrected chi connectivity index (χ1v) is 32.3. The first-order valence-electron chi connectivity index (χ1n) is 24.8. The minimum atomic E-state index is -1.40. The van der Waals surface area contributed by atoms with Crippen LogP contribution in [-0.4, -0.2) is 37.0 Å². The van der Waals surface area contributed by atoms with Crippen LogP contribution < -0.4 is 0 Å². The normalized spacial score (nSPS) is 13.0. The Morgan fingerprint density at radius 2 is 0.333 bits per heavy atom. The molecule has 0 amide bonds. The molecule has 0 saturated carbocycles. The third-order valence-electron chi connectivity index (χ3n) is 12.3. The maximum absolute atomic E-state index is 2.97. The van der Waals surface area contributed by atoms with Gasteiger partial charge in [0, 0.05) is 0 Å². The molecule has 0 spiro atoms. The van der Waals surface area contributed by atoms with E-state index in [9.17, 15) is 0 Å². The first-order chi connectivity index (χ1) is 25.1. The second-order valence-corrected chi connectivity index (χ2v) is 33.2. The van der Waals surface area contributed by atoms with Crippen molar-refractivity contribution in [3.8, 4) is 0 Å². The Morgan fingerprint density at radius 3 is 0.490 bits per heavy atom. The molecule has 51 heavy (non-hydrogen) atoms. The van der Waals surface area contributed by atoms with Gasteiger partial charge in [-0.05, 0) is 0 Å². The van der Waals surface area contributed by atoms with E-state index in [1.165, 1.54) is 193 Å². The van der Waals surface area contributed by atoms with Crippen molar-refractivity contribution in [2.24, 2.45) is 0 Å². The number of rotatable bonds is 44. The first kappa shape index (κ1) is 52.2. The molecule has 0 saturated heterocycles. The molecule has 0 aromatic rings. The summed E-state index contributed by atoms with van der Waals surface area (Å²) in [5.41, 5.74) is 0. The zero-order valence-electron chi connectivity index (χ0n) is 37.1. The Morgan fingerprint density at radius 1 is 0.196 bits per heavy atom. The van der Waals surface area contributed by atoms with E-state index in [0.29, 0.717) is 0 Å². The molecule has 0 aliphatic rings. The molecule has 0 radical (unpaired) electrons. The van der Waals surface area contributed by atoms with Gasteiger partial charge in [-0.2, -0.15) is 0 Å². The van der Waals surface area contributed by atoms with Gasteiger partial charge >= 0.3 is 334 Å². The van der Waals surface area contributed by atoms with Crippen molar-refractivity contribution in [1.82, 2.24) is 0 Å². The molecular weight excluding hydrogens is 671 g/mol. The molecule has 0 rings (SSSR count). The van der Waals surface area contributed by atoms with Crippen molar-refractivity contribution in [3.63, 3.8) is 0 Å². The van der Waals surface area contributed by atoms with Gasteiger partial charge in [-0.3, -0.25) is 0 Å². The Labute approximate surface area is 332 Å². The maximum atomic E-state index is 2.97. The number of hydrogen-bond donors (Lipinski definition) is 0. The zero-order valence-corrected chi connectivity index (χ0v) is 39.9. The van der Waals surface area contributed by atoms with Crippen LogP contribution >= 0.6 is 23.9 Å². The Kier molecular flexibility index (Phi) is 41.8. The average molecular weight is 775 g/mol. The van der Waals surface area contributed by atoms with Gasteiger partial charge < -0.3 is 0 Å². The Hall–Kier alpha value is 1.21. The van der Waals surface area contributed by atoms with Gasteiger partial charge in [-0.1, -0.05) is 0 Å². The van der Waals surface area contributed by atoms with Crippen LogP contribution in [0.1, 0.15) is 273 Å². The third kappa shape index (κ3) is 33.1. The molecule has 0 atom stereocenters. The Balaban J connectivity index is 6.35. The minimum absolute atomic E-state index is 1.38. The van der Waals surface area contributed by atoms with Crippen LogP contribution in [0.5, 0.6) is 0 Å². The van der Waals surface area contributed by atoms with Crippen molar-refractivity contribution in [1.29, 1.82) is 0 Å². The van der Waals surface area contributed by atoms with Crippen molar-refractivity contribution < 1.29 is 0 Å². The van der Waals surface area contributed by atoms with Crippen LogP contribution in [0.2, 0.25) is 0 Å². The van der Waals surface area contributed by atoms with Crippen LogP contribution in [0.3, 0.4) is 0 Å². The van der Waals surface area contributed by atoms with E-state index in [-0.39, 0.29) is 0 Å². The summed E-state index contributed by atoms with van der Waals surface area (Å²) in [5.74, 6) is 0. The van der Waals surface area contributed by atoms with Gasteiger partial charge in [0.15, 0.2) is 0 Å². The summed E-state index contributed by atoms with van der Waals surface area (Å²) in [6, 6.07) is 0. The molecule has 0 fully saturated rings. The van der Waals surface area contributed by atoms with Crippen molar-refractivity contribution in [2.75, 3.05) is 37.0 Å². The SMILES string of the molecule is CCCCCCCC[PH](CCCCCCCC)(CCCCCCCC)S[PH](CCCCCCCC)(CCCCCCCC)CCCCCCCC. The van der Waals surface area contributed by atoms with Crippen LogP contribution in [0.25, 0.3) is 0 Å². The van der Waals surface area contributed by atoms with Crippen molar-refractivity contribution in [2.45, 2.75) is 273 Å². The van der Waals surface area contributed by atoms with Gasteiger partial charge in [-0.15, -0.1) is 0 Å². The Bertz CT molecular complexity index is 516. The van der Waals surface area contributed by atoms with Gasteiger partial charge in [0.1, 0.15) is 0 Å². The number of hydrogen-bond acceptors (Lipinski definition) is 1. The van der Waals surface area contributed by atoms with E-state index in [2.05, 4.69) is 52.5 Å². The fourth-order valence-electron chi connectivity index (χ4n) is 8.88. The summed E-state index contributed by atoms with van der Waals surface area (Å²) >= 11 is 2.97. The van der Waals surface area contributed by atoms with E-state index in [1.807, 2.05) is 0 Å². The van der Waals surface area contributed by atoms with Crippen LogP contribution in [0.4, 0.5) is 0 Å². The second kappa shape index (κ2) is 40.9. The molecule has 0 aliphatic heterocycles. The standard InChI is InChI=1S/C48H104P2S/c1-7-13-19-25-31-37-43-49(44-38-32-26-20-14-8-2,45-39-33-27-21-15-9-3)51-50(46-40-34-28-22-16-10-4,47-41-35-29-23-17-11-5)48-42-36-30-24-18-12-6/h49-50H,7-48H2,1-6H3. The topological polar surface area (TPSA) is 0 Å². The summed E-state index contributed by atoms with van der Waals surface area (Å²) in [6.07, 6.45) is 63.7. The van der Waals surface area contributed by atoms with E-state index in [1.54, 1.807) is 75.5 Å². The van der Waals surface area contributed by atoms with Crippen LogP contribution in [0.15, 0.2) is 0 Å². The molecule has 3 heteroatoms. The van der Waals surface area contributed by atoms with Crippen molar-refractivity contribution in [3.05, 3.63) is 0 Å². The molecule has 0 N–H and O–H groups in total. The third-order valence-corrected chi connectivity index (χ3v) is 34.9. The molecule has 0 nitrogen and oxygen atoms in total. The molecule has 0 bridgehead atoms. The summed E-state index contributed by atoms with van der Waals surface area (Å²) in [7, 11) is 0. The van der Waals surface area contributed by atoms with Gasteiger partial charge in [0.05, 0.1) is 0 Å². The average Bonchev–Trinajstić information content (AvgIpc) is 3.13. The summed E-state index contributed by atoms with van der Waals surface area (Å²) in [5, 5.41) is 0. The predicted octanol–water partition coefficient (Wildman–Crippen LogP) is 19.2. The van der Waals surface area contributed by atoms with Crippen molar-refractivity contribution >= 4 is 23.9 Å². The molecular formula is C48H104P2S. The predicted molar refractivity (Wildman–Crippen MR) is 254 cm³/mol.